The zero-order valence-corrected chi connectivity index (χ0v) is 15.4. The van der Waals surface area contributed by atoms with Crippen molar-refractivity contribution in [2.75, 3.05) is 0 Å². The Morgan fingerprint density at radius 2 is 1.96 bits per heavy atom. The molecule has 1 N–H and O–H groups in total. The predicted octanol–water partition coefficient (Wildman–Crippen LogP) is 5.71. The molecule has 2 nitrogen and oxygen atoms in total. The average molecular weight is 377 g/mol. The Morgan fingerprint density at radius 3 is 2.74 bits per heavy atom. The molecule has 3 unspecified atom stereocenters. The maximum absolute atomic E-state index is 14.8. The van der Waals surface area contributed by atoms with Gasteiger partial charge < -0.3 is 5.11 Å². The van der Waals surface area contributed by atoms with Crippen LogP contribution in [0.4, 0.5) is 13.2 Å². The van der Waals surface area contributed by atoms with Gasteiger partial charge in [0.25, 0.3) is 0 Å². The van der Waals surface area contributed by atoms with Crippen molar-refractivity contribution in [2.24, 2.45) is 16.8 Å². The third-order valence-electron chi connectivity index (χ3n) is 6.62. The fourth-order valence-electron chi connectivity index (χ4n) is 5.11. The lowest BCUT2D eigenvalue weighted by atomic mass is 9.67. The number of hydrogen-bond donors (Lipinski definition) is 1. The largest absolute Gasteiger partial charge is 0.393 e. The van der Waals surface area contributed by atoms with Crippen LogP contribution in [-0.2, 0) is 0 Å². The number of nitrogens with zero attached hydrogens (tertiary/aromatic N) is 1. The highest BCUT2D eigenvalue weighted by molar-refractivity contribution is 5.73. The van der Waals surface area contributed by atoms with Gasteiger partial charge in [0.2, 0.25) is 5.92 Å². The molecule has 0 aromatic heterocycles. The second-order valence-corrected chi connectivity index (χ2v) is 8.33. The number of benzene rings is 1. The van der Waals surface area contributed by atoms with Crippen LogP contribution in [0.3, 0.4) is 0 Å². The first-order valence-electron chi connectivity index (χ1n) is 10.00. The van der Waals surface area contributed by atoms with Crippen LogP contribution >= 0.6 is 0 Å². The molecule has 146 valence electrons. The van der Waals surface area contributed by atoms with E-state index in [1.54, 1.807) is 6.07 Å². The van der Waals surface area contributed by atoms with Gasteiger partial charge >= 0.3 is 0 Å². The topological polar surface area (TPSA) is 32.6 Å². The molecule has 1 heterocycles. The third kappa shape index (κ3) is 3.84. The molecular formula is C22H26F3NO. The van der Waals surface area contributed by atoms with Crippen LogP contribution in [0.15, 0.2) is 29.4 Å². The number of halogens is 3. The van der Waals surface area contributed by atoms with Gasteiger partial charge in [0.05, 0.1) is 6.10 Å². The maximum atomic E-state index is 14.8. The summed E-state index contributed by atoms with van der Waals surface area (Å²) < 4.78 is 41.7. The highest BCUT2D eigenvalue weighted by Crippen LogP contribution is 2.49. The van der Waals surface area contributed by atoms with E-state index in [1.165, 1.54) is 6.07 Å². The number of aliphatic hydroxyl groups excluding tert-OH is 1. The van der Waals surface area contributed by atoms with Gasteiger partial charge in [-0.25, -0.2) is 13.2 Å². The molecule has 3 atom stereocenters. The van der Waals surface area contributed by atoms with Crippen LogP contribution in [-0.4, -0.2) is 23.3 Å². The normalized spacial score (nSPS) is 28.7. The average Bonchev–Trinajstić information content (AvgIpc) is 2.60. The fourth-order valence-corrected chi connectivity index (χ4v) is 5.11. The predicted molar refractivity (Wildman–Crippen MR) is 100 cm³/mol. The lowest BCUT2D eigenvalue weighted by molar-refractivity contribution is -0.0643. The van der Waals surface area contributed by atoms with Gasteiger partial charge in [-0.05, 0) is 79.0 Å². The van der Waals surface area contributed by atoms with Crippen LogP contribution < -0.4 is 0 Å². The van der Waals surface area contributed by atoms with E-state index >= 15 is 0 Å². The lowest BCUT2D eigenvalue weighted by Crippen LogP contribution is -2.34. The van der Waals surface area contributed by atoms with Crippen molar-refractivity contribution in [2.45, 2.75) is 69.3 Å². The minimum absolute atomic E-state index is 0.0812. The van der Waals surface area contributed by atoms with Crippen LogP contribution in [0.5, 0.6) is 0 Å². The van der Waals surface area contributed by atoms with E-state index in [1.807, 2.05) is 18.5 Å². The van der Waals surface area contributed by atoms with Gasteiger partial charge in [0.1, 0.15) is 5.82 Å². The summed E-state index contributed by atoms with van der Waals surface area (Å²) >= 11 is 0. The van der Waals surface area contributed by atoms with Gasteiger partial charge in [-0.2, -0.15) is 0 Å². The number of hydrogen-bond acceptors (Lipinski definition) is 2. The number of rotatable bonds is 3. The minimum Gasteiger partial charge on any atom is -0.393 e. The molecule has 27 heavy (non-hydrogen) atoms. The Balaban J connectivity index is 1.60. The molecule has 1 aromatic rings. The van der Waals surface area contributed by atoms with Crippen LogP contribution in [0, 0.1) is 17.7 Å². The molecule has 0 radical (unpaired) electrons. The summed E-state index contributed by atoms with van der Waals surface area (Å²) in [6.07, 6.45) is 6.44. The van der Waals surface area contributed by atoms with Crippen molar-refractivity contribution >= 4 is 11.8 Å². The molecule has 5 heteroatoms. The summed E-state index contributed by atoms with van der Waals surface area (Å²) in [7, 11) is 0. The number of fused-ring (bicyclic) bond motifs is 4. The van der Waals surface area contributed by atoms with Gasteiger partial charge in [-0.3, -0.25) is 4.99 Å². The fraction of sp³-hybridized carbons (Fsp3) is 0.591. The van der Waals surface area contributed by atoms with E-state index in [0.29, 0.717) is 24.8 Å². The quantitative estimate of drug-likeness (QED) is 0.719. The number of allylic oxidation sites excluding steroid dienone is 1. The smallest absolute Gasteiger partial charge is 0.248 e. The summed E-state index contributed by atoms with van der Waals surface area (Å²) in [5.74, 6) is -2.79. The summed E-state index contributed by atoms with van der Waals surface area (Å²) in [5.41, 5.74) is 2.61. The maximum Gasteiger partial charge on any atom is 0.248 e. The van der Waals surface area contributed by atoms with Crippen molar-refractivity contribution in [3.63, 3.8) is 0 Å². The van der Waals surface area contributed by atoms with E-state index < -0.39 is 12.0 Å². The van der Waals surface area contributed by atoms with Crippen molar-refractivity contribution < 1.29 is 18.3 Å². The van der Waals surface area contributed by atoms with E-state index in [0.717, 1.165) is 30.4 Å². The van der Waals surface area contributed by atoms with Gasteiger partial charge in [0, 0.05) is 25.3 Å². The van der Waals surface area contributed by atoms with Gasteiger partial charge in [-0.15, -0.1) is 0 Å². The monoisotopic (exact) mass is 377 g/mol. The Hall–Kier alpha value is -1.62. The zero-order chi connectivity index (χ0) is 19.0. The highest BCUT2D eigenvalue weighted by atomic mass is 19.3. The summed E-state index contributed by atoms with van der Waals surface area (Å²) in [6.45, 7) is 0. The van der Waals surface area contributed by atoms with Crippen LogP contribution in [0.2, 0.25) is 0 Å². The van der Waals surface area contributed by atoms with Crippen molar-refractivity contribution in [3.8, 4) is 0 Å². The first-order chi connectivity index (χ1) is 12.9. The Morgan fingerprint density at radius 1 is 1.19 bits per heavy atom. The number of aliphatic hydroxyl groups is 1. The molecule has 1 aliphatic heterocycles. The van der Waals surface area contributed by atoms with E-state index in [-0.39, 0.29) is 36.4 Å². The van der Waals surface area contributed by atoms with Crippen molar-refractivity contribution in [1.29, 1.82) is 0 Å². The lowest BCUT2D eigenvalue weighted by Gasteiger charge is -2.39. The number of alkyl halides is 2. The van der Waals surface area contributed by atoms with Crippen LogP contribution in [0.1, 0.15) is 68.4 Å². The molecule has 1 saturated carbocycles. The Labute approximate surface area is 158 Å². The Kier molecular flexibility index (Phi) is 5.15. The molecule has 3 aliphatic rings. The minimum atomic E-state index is -2.60. The molecule has 0 saturated heterocycles. The summed E-state index contributed by atoms with van der Waals surface area (Å²) in [4.78, 5) is 4.32. The standard InChI is InChI=1S/C22H26F3NO/c23-19-5-1-4-17-16-11-15(3-2-10-26-13-16)18(21(17)19)12-20(27)14-6-8-22(24,25)9-7-14/h1,4-5,10,13-15,18,20,27H,2-3,6-9,11-12H2. The second kappa shape index (κ2) is 7.42. The van der Waals surface area contributed by atoms with Gasteiger partial charge in [-0.1, -0.05) is 12.1 Å². The molecule has 1 fully saturated rings. The zero-order valence-electron chi connectivity index (χ0n) is 15.4. The van der Waals surface area contributed by atoms with Crippen LogP contribution in [0.25, 0.3) is 5.57 Å². The third-order valence-corrected chi connectivity index (χ3v) is 6.62. The van der Waals surface area contributed by atoms with E-state index in [4.69, 9.17) is 0 Å². The first-order valence-corrected chi connectivity index (χ1v) is 10.00. The molecule has 1 aromatic carbocycles. The molecule has 2 aliphatic carbocycles. The molecule has 2 bridgehead atoms. The Bertz CT molecular complexity index is 748. The second-order valence-electron chi connectivity index (χ2n) is 8.33. The number of aliphatic imine (C=N–C) groups is 1. The SMILES string of the molecule is OC(CC1c2c(F)cccc2C2=CN=CCCC1C2)C1CCC(F)(F)CC1. The van der Waals surface area contributed by atoms with Crippen molar-refractivity contribution in [1.82, 2.24) is 0 Å². The molecular weight excluding hydrogens is 351 g/mol. The molecule has 0 amide bonds. The van der Waals surface area contributed by atoms with Crippen molar-refractivity contribution in [3.05, 3.63) is 41.3 Å². The van der Waals surface area contributed by atoms with Gasteiger partial charge in [0.15, 0.2) is 0 Å². The first kappa shape index (κ1) is 18.7. The summed E-state index contributed by atoms with van der Waals surface area (Å²) in [5, 5.41) is 10.8. The summed E-state index contributed by atoms with van der Waals surface area (Å²) in [6, 6.07) is 5.13. The highest BCUT2D eigenvalue weighted by Gasteiger charge is 2.40. The van der Waals surface area contributed by atoms with E-state index in [9.17, 15) is 18.3 Å². The van der Waals surface area contributed by atoms with E-state index in [2.05, 4.69) is 4.99 Å². The molecule has 4 rings (SSSR count). The molecule has 0 spiro atoms.